The summed E-state index contributed by atoms with van der Waals surface area (Å²) < 4.78 is 46.5. The predicted octanol–water partition coefficient (Wildman–Crippen LogP) is 3.75. The maximum absolute atomic E-state index is 13.9. The molecule has 4 aromatic rings. The number of aromatic nitrogens is 2. The van der Waals surface area contributed by atoms with E-state index in [9.17, 15) is 17.6 Å². The second-order valence-corrected chi connectivity index (χ2v) is 11.0. The van der Waals surface area contributed by atoms with Crippen molar-refractivity contribution in [1.29, 1.82) is 0 Å². The fourth-order valence-electron chi connectivity index (χ4n) is 3.79. The van der Waals surface area contributed by atoms with Gasteiger partial charge in [-0.15, -0.1) is 11.3 Å². The molecule has 3 heterocycles. The van der Waals surface area contributed by atoms with E-state index < -0.39 is 27.4 Å². The number of carbonyl (C=O) groups is 1. The summed E-state index contributed by atoms with van der Waals surface area (Å²) >= 11 is 10.4. The molecule has 0 bridgehead atoms. The molecule has 2 aromatic heterocycles. The van der Waals surface area contributed by atoms with Crippen LogP contribution in [0.3, 0.4) is 0 Å². The van der Waals surface area contributed by atoms with Gasteiger partial charge in [-0.25, -0.2) is 14.4 Å². The van der Waals surface area contributed by atoms with Crippen molar-refractivity contribution in [3.63, 3.8) is 0 Å². The van der Waals surface area contributed by atoms with Gasteiger partial charge in [0.25, 0.3) is 5.91 Å². The monoisotopic (exact) mass is 597 g/mol. The molecule has 0 spiro atoms. The summed E-state index contributed by atoms with van der Waals surface area (Å²) in [5.41, 5.74) is 5.10. The number of amides is 1. The van der Waals surface area contributed by atoms with E-state index >= 15 is 0 Å². The number of halogens is 3. The first-order valence-corrected chi connectivity index (χ1v) is 13.3. The molecule has 2 aromatic carbocycles. The Balaban J connectivity index is 1.55. The quantitative estimate of drug-likeness (QED) is 0.350. The zero-order valence-electron chi connectivity index (χ0n) is 17.6. The number of nitrogens with zero attached hydrogens (tertiary/aromatic N) is 4. The van der Waals surface area contributed by atoms with Crippen LogP contribution in [0, 0.1) is 5.82 Å². The van der Waals surface area contributed by atoms with Crippen LogP contribution in [-0.2, 0) is 20.5 Å². The van der Waals surface area contributed by atoms with Crippen LogP contribution < -0.4 is 9.92 Å². The van der Waals surface area contributed by atoms with Gasteiger partial charge in [-0.2, -0.15) is 8.42 Å². The lowest BCUT2D eigenvalue weighted by Crippen LogP contribution is -2.41. The number of fused-ring (bicyclic) bond motifs is 1. The largest absolute Gasteiger partial charge is 0.378 e. The molecule has 35 heavy (non-hydrogen) atoms. The number of guanidine groups is 1. The molecule has 0 fully saturated rings. The third-order valence-corrected chi connectivity index (χ3v) is 8.49. The number of aliphatic imine (C=N–C) groups is 1. The molecule has 0 saturated heterocycles. The lowest BCUT2D eigenvalue weighted by atomic mass is 9.83. The molecule has 0 saturated carbocycles. The Hall–Kier alpha value is -3.00. The summed E-state index contributed by atoms with van der Waals surface area (Å²) in [6.07, 6.45) is 1.52. The van der Waals surface area contributed by atoms with Gasteiger partial charge < -0.3 is 9.92 Å². The summed E-state index contributed by atoms with van der Waals surface area (Å²) in [4.78, 5) is 23.3. The Morgan fingerprint density at radius 1 is 1.20 bits per heavy atom. The molecule has 180 valence electrons. The van der Waals surface area contributed by atoms with Gasteiger partial charge in [0.15, 0.2) is 21.6 Å². The first kappa shape index (κ1) is 23.7. The number of likely N-dealkylation sites (N-methyl/N-ethyl adjacent to an activating group) is 1. The van der Waals surface area contributed by atoms with Crippen LogP contribution in [-0.4, -0.2) is 41.6 Å². The lowest BCUT2D eigenvalue weighted by molar-refractivity contribution is -0.129. The number of benzene rings is 2. The second-order valence-electron chi connectivity index (χ2n) is 7.50. The van der Waals surface area contributed by atoms with Gasteiger partial charge in [-0.1, -0.05) is 29.8 Å². The normalized spacial score (nSPS) is 18.3. The number of nitrogens with two attached hydrogens (primary N) is 1. The Bertz CT molecular complexity index is 1640. The molecule has 2 N–H and O–H groups in total. The van der Waals surface area contributed by atoms with Gasteiger partial charge in [0, 0.05) is 18.6 Å². The van der Waals surface area contributed by atoms with E-state index in [4.69, 9.17) is 21.5 Å². The Morgan fingerprint density at radius 3 is 2.51 bits per heavy atom. The lowest BCUT2D eigenvalue weighted by Gasteiger charge is -2.26. The molecule has 1 unspecified atom stereocenters. The summed E-state index contributed by atoms with van der Waals surface area (Å²) in [5, 5.41) is 1.16. The van der Waals surface area contributed by atoms with Crippen molar-refractivity contribution < 1.29 is 21.8 Å². The van der Waals surface area contributed by atoms with Crippen LogP contribution in [0.2, 0.25) is 5.15 Å². The van der Waals surface area contributed by atoms with E-state index in [1.807, 2.05) is 0 Å². The van der Waals surface area contributed by atoms with Gasteiger partial charge in [0.2, 0.25) is 5.03 Å². The standard InChI is InChI=1S/C21H14BrClFN5O4S2/c1-28-18(30)21(27-19(28)25,12-4-7-15(24)14(22)10-12)11-2-5-13(6-3-11)33-35(31,32)17-16(23)26-20-29(17)8-9-34-20/h2-10H,1H3,(H2,25,27). The summed E-state index contributed by atoms with van der Waals surface area (Å²) in [7, 11) is -2.85. The Labute approximate surface area is 215 Å². The van der Waals surface area contributed by atoms with Gasteiger partial charge in [-0.3, -0.25) is 14.1 Å². The van der Waals surface area contributed by atoms with Crippen LogP contribution in [0.15, 0.2) is 68.5 Å². The summed E-state index contributed by atoms with van der Waals surface area (Å²) in [6, 6.07) is 9.85. The van der Waals surface area contributed by atoms with Crippen molar-refractivity contribution in [1.82, 2.24) is 14.3 Å². The van der Waals surface area contributed by atoms with Crippen molar-refractivity contribution in [3.8, 4) is 5.75 Å². The fourth-order valence-corrected chi connectivity index (χ4v) is 6.52. The van der Waals surface area contributed by atoms with E-state index in [2.05, 4.69) is 25.9 Å². The highest BCUT2D eigenvalue weighted by Crippen LogP contribution is 2.41. The molecule has 0 radical (unpaired) electrons. The Morgan fingerprint density at radius 2 is 1.89 bits per heavy atom. The first-order valence-electron chi connectivity index (χ1n) is 9.79. The fraction of sp³-hybridized carbons (Fsp3) is 0.0952. The van der Waals surface area contributed by atoms with E-state index in [-0.39, 0.29) is 26.4 Å². The number of carbonyl (C=O) groups excluding carboxylic acids is 1. The van der Waals surface area contributed by atoms with Gasteiger partial charge in [0.05, 0.1) is 4.47 Å². The summed E-state index contributed by atoms with van der Waals surface area (Å²) in [5.74, 6) is -1.01. The average molecular weight is 599 g/mol. The van der Waals surface area contributed by atoms with Gasteiger partial charge >= 0.3 is 10.1 Å². The topological polar surface area (TPSA) is 119 Å². The molecule has 14 heteroatoms. The molecular formula is C21H14BrClFN5O4S2. The highest BCUT2D eigenvalue weighted by molar-refractivity contribution is 9.10. The molecule has 5 rings (SSSR count). The first-order chi connectivity index (χ1) is 16.5. The minimum atomic E-state index is -4.33. The molecule has 1 atom stereocenters. The van der Waals surface area contributed by atoms with Crippen molar-refractivity contribution in [2.45, 2.75) is 10.6 Å². The van der Waals surface area contributed by atoms with Crippen molar-refractivity contribution in [3.05, 3.63) is 80.6 Å². The van der Waals surface area contributed by atoms with Crippen LogP contribution in [0.1, 0.15) is 11.1 Å². The van der Waals surface area contributed by atoms with Gasteiger partial charge in [0.1, 0.15) is 11.6 Å². The number of imidazole rings is 1. The van der Waals surface area contributed by atoms with Crippen LogP contribution in [0.25, 0.3) is 4.96 Å². The molecule has 1 aliphatic rings. The van der Waals surface area contributed by atoms with E-state index in [1.165, 1.54) is 76.3 Å². The average Bonchev–Trinajstić information content (AvgIpc) is 3.44. The van der Waals surface area contributed by atoms with Gasteiger partial charge in [-0.05, 0) is 51.3 Å². The highest BCUT2D eigenvalue weighted by Gasteiger charge is 2.49. The Kier molecular flexibility index (Phi) is 5.62. The minimum Gasteiger partial charge on any atom is -0.378 e. The maximum atomic E-state index is 13.9. The van der Waals surface area contributed by atoms with E-state index in [0.717, 1.165) is 0 Å². The third-order valence-electron chi connectivity index (χ3n) is 5.47. The molecule has 9 nitrogen and oxygen atoms in total. The molecule has 0 aliphatic carbocycles. The van der Waals surface area contributed by atoms with E-state index in [0.29, 0.717) is 16.1 Å². The van der Waals surface area contributed by atoms with Crippen molar-refractivity contribution in [2.75, 3.05) is 7.05 Å². The van der Waals surface area contributed by atoms with Crippen molar-refractivity contribution >= 4 is 65.8 Å². The number of hydrogen-bond donors (Lipinski definition) is 1. The predicted molar refractivity (Wildman–Crippen MR) is 132 cm³/mol. The van der Waals surface area contributed by atoms with Crippen LogP contribution >= 0.6 is 38.9 Å². The maximum Gasteiger partial charge on any atom is 0.358 e. The second kappa shape index (κ2) is 8.29. The molecule has 1 aliphatic heterocycles. The highest BCUT2D eigenvalue weighted by atomic mass is 79.9. The zero-order chi connectivity index (χ0) is 25.1. The van der Waals surface area contributed by atoms with Crippen LogP contribution in [0.4, 0.5) is 4.39 Å². The number of thiazole rings is 1. The zero-order valence-corrected chi connectivity index (χ0v) is 21.6. The minimum absolute atomic E-state index is 0.0199. The SMILES string of the molecule is CN1C(=O)C(c2ccc(OS(=O)(=O)c3c(Cl)nc4sccn34)cc2)(c2ccc(F)c(Br)c2)N=C1N. The molecule has 1 amide bonds. The smallest absolute Gasteiger partial charge is 0.358 e. The number of hydrogen-bond acceptors (Lipinski definition) is 8. The third kappa shape index (κ3) is 3.69. The summed E-state index contributed by atoms with van der Waals surface area (Å²) in [6.45, 7) is 0. The van der Waals surface area contributed by atoms with E-state index in [1.54, 1.807) is 5.38 Å². The van der Waals surface area contributed by atoms with Crippen molar-refractivity contribution in [2.24, 2.45) is 10.7 Å². The molecular weight excluding hydrogens is 585 g/mol. The van der Waals surface area contributed by atoms with Crippen LogP contribution in [0.5, 0.6) is 5.75 Å². The number of rotatable bonds is 5.